The maximum atomic E-state index is 13.2. The molecule has 5 heteroatoms. The van der Waals surface area contributed by atoms with Gasteiger partial charge in [0.15, 0.2) is 17.5 Å². The first kappa shape index (κ1) is 11.3. The Morgan fingerprint density at radius 2 is 2.06 bits per heavy atom. The fraction of sp³-hybridized carbons (Fsp3) is 0.455. The summed E-state index contributed by atoms with van der Waals surface area (Å²) in [4.78, 5) is 0. The average Bonchev–Trinajstić information content (AvgIpc) is 2.78. The molecule has 0 amide bonds. The number of hydrogen-bond donors (Lipinski definition) is 1. The Balaban J connectivity index is 2.01. The van der Waals surface area contributed by atoms with Gasteiger partial charge in [0, 0.05) is 13.2 Å². The van der Waals surface area contributed by atoms with Gasteiger partial charge in [-0.1, -0.05) is 0 Å². The second kappa shape index (κ2) is 4.74. The molecule has 1 aromatic rings. The molecule has 16 heavy (non-hydrogen) atoms. The molecule has 0 bridgehead atoms. The molecule has 1 aliphatic rings. The van der Waals surface area contributed by atoms with Crippen molar-refractivity contribution in [2.45, 2.75) is 18.9 Å². The Morgan fingerprint density at radius 1 is 1.25 bits per heavy atom. The van der Waals surface area contributed by atoms with Gasteiger partial charge in [-0.05, 0) is 25.0 Å². The lowest BCUT2D eigenvalue weighted by Gasteiger charge is -2.12. The van der Waals surface area contributed by atoms with Gasteiger partial charge in [-0.3, -0.25) is 0 Å². The third kappa shape index (κ3) is 2.29. The van der Waals surface area contributed by atoms with E-state index in [9.17, 15) is 13.2 Å². The van der Waals surface area contributed by atoms with Crippen molar-refractivity contribution in [2.24, 2.45) is 0 Å². The van der Waals surface area contributed by atoms with Crippen LogP contribution in [0.2, 0.25) is 0 Å². The topological polar surface area (TPSA) is 21.3 Å². The van der Waals surface area contributed by atoms with E-state index in [2.05, 4.69) is 5.32 Å². The fourth-order valence-electron chi connectivity index (χ4n) is 1.69. The van der Waals surface area contributed by atoms with Gasteiger partial charge < -0.3 is 10.1 Å². The largest absolute Gasteiger partial charge is 0.380 e. The Hall–Kier alpha value is -1.23. The lowest BCUT2D eigenvalue weighted by atomic mass is 10.2. The van der Waals surface area contributed by atoms with Crippen LogP contribution in [0.3, 0.4) is 0 Å². The van der Waals surface area contributed by atoms with E-state index < -0.39 is 17.5 Å². The Morgan fingerprint density at radius 3 is 2.75 bits per heavy atom. The van der Waals surface area contributed by atoms with Crippen LogP contribution in [-0.2, 0) is 4.74 Å². The number of nitrogens with one attached hydrogen (secondary N) is 1. The standard InChI is InChI=1S/C11H12F3NO/c12-8-3-4-9(11(14)10(8)13)15-6-7-2-1-5-16-7/h3-4,7,15H,1-2,5-6H2. The van der Waals surface area contributed by atoms with Crippen LogP contribution in [0.25, 0.3) is 0 Å². The van der Waals surface area contributed by atoms with Crippen molar-refractivity contribution in [1.29, 1.82) is 0 Å². The molecule has 2 rings (SSSR count). The van der Waals surface area contributed by atoms with E-state index in [-0.39, 0.29) is 11.8 Å². The Kier molecular flexibility index (Phi) is 3.33. The van der Waals surface area contributed by atoms with Gasteiger partial charge in [-0.2, -0.15) is 0 Å². The van der Waals surface area contributed by atoms with Crippen LogP contribution in [0.5, 0.6) is 0 Å². The molecule has 1 fully saturated rings. The molecular weight excluding hydrogens is 219 g/mol. The smallest absolute Gasteiger partial charge is 0.196 e. The predicted molar refractivity (Wildman–Crippen MR) is 53.8 cm³/mol. The molecule has 0 radical (unpaired) electrons. The number of rotatable bonds is 3. The molecule has 1 heterocycles. The van der Waals surface area contributed by atoms with Gasteiger partial charge in [-0.15, -0.1) is 0 Å². The number of halogens is 3. The molecular formula is C11H12F3NO. The summed E-state index contributed by atoms with van der Waals surface area (Å²) in [6.45, 7) is 1.11. The summed E-state index contributed by atoms with van der Waals surface area (Å²) in [6, 6.07) is 2.08. The summed E-state index contributed by atoms with van der Waals surface area (Å²) in [6.07, 6.45) is 1.90. The van der Waals surface area contributed by atoms with Crippen molar-refractivity contribution in [3.05, 3.63) is 29.6 Å². The van der Waals surface area contributed by atoms with E-state index in [1.807, 2.05) is 0 Å². The van der Waals surface area contributed by atoms with Crippen LogP contribution >= 0.6 is 0 Å². The molecule has 88 valence electrons. The summed E-state index contributed by atoms with van der Waals surface area (Å²) in [7, 11) is 0. The van der Waals surface area contributed by atoms with Crippen LogP contribution in [0.15, 0.2) is 12.1 Å². The monoisotopic (exact) mass is 231 g/mol. The van der Waals surface area contributed by atoms with E-state index >= 15 is 0 Å². The van der Waals surface area contributed by atoms with E-state index in [1.165, 1.54) is 6.07 Å². The molecule has 1 N–H and O–H groups in total. The first-order valence-electron chi connectivity index (χ1n) is 5.17. The fourth-order valence-corrected chi connectivity index (χ4v) is 1.69. The minimum absolute atomic E-state index is 0.0208. The van der Waals surface area contributed by atoms with Gasteiger partial charge in [0.1, 0.15) is 0 Å². The molecule has 1 atom stereocenters. The zero-order valence-electron chi connectivity index (χ0n) is 8.60. The van der Waals surface area contributed by atoms with Crippen molar-refractivity contribution < 1.29 is 17.9 Å². The van der Waals surface area contributed by atoms with Crippen LogP contribution in [0.1, 0.15) is 12.8 Å². The van der Waals surface area contributed by atoms with Gasteiger partial charge in [0.2, 0.25) is 0 Å². The van der Waals surface area contributed by atoms with Crippen LogP contribution in [0, 0.1) is 17.5 Å². The highest BCUT2D eigenvalue weighted by Gasteiger charge is 2.17. The zero-order valence-corrected chi connectivity index (χ0v) is 8.60. The SMILES string of the molecule is Fc1ccc(NCC2CCCO2)c(F)c1F. The van der Waals surface area contributed by atoms with Crippen molar-refractivity contribution in [1.82, 2.24) is 0 Å². The summed E-state index contributed by atoms with van der Waals surface area (Å²) >= 11 is 0. The molecule has 1 unspecified atom stereocenters. The lowest BCUT2D eigenvalue weighted by molar-refractivity contribution is 0.120. The van der Waals surface area contributed by atoms with Gasteiger partial charge in [0.05, 0.1) is 11.8 Å². The second-order valence-corrected chi connectivity index (χ2v) is 3.74. The minimum Gasteiger partial charge on any atom is -0.380 e. The third-order valence-corrected chi connectivity index (χ3v) is 2.58. The van der Waals surface area contributed by atoms with Crippen LogP contribution in [0.4, 0.5) is 18.9 Å². The van der Waals surface area contributed by atoms with Crippen LogP contribution < -0.4 is 5.32 Å². The van der Waals surface area contributed by atoms with Gasteiger partial charge in [-0.25, -0.2) is 13.2 Å². The number of ether oxygens (including phenoxy) is 1. The maximum absolute atomic E-state index is 13.2. The minimum atomic E-state index is -1.45. The summed E-state index contributed by atoms with van der Waals surface area (Å²) in [5.41, 5.74) is -0.0330. The number of hydrogen-bond acceptors (Lipinski definition) is 2. The van der Waals surface area contributed by atoms with Crippen molar-refractivity contribution >= 4 is 5.69 Å². The molecule has 2 nitrogen and oxygen atoms in total. The average molecular weight is 231 g/mol. The van der Waals surface area contributed by atoms with Crippen molar-refractivity contribution in [3.8, 4) is 0 Å². The molecule has 0 saturated carbocycles. The Labute approximate surface area is 91.4 Å². The first-order valence-corrected chi connectivity index (χ1v) is 5.17. The van der Waals surface area contributed by atoms with E-state index in [0.29, 0.717) is 13.2 Å². The van der Waals surface area contributed by atoms with E-state index in [4.69, 9.17) is 4.74 Å². The first-order chi connectivity index (χ1) is 7.68. The van der Waals surface area contributed by atoms with Gasteiger partial charge >= 0.3 is 0 Å². The highest BCUT2D eigenvalue weighted by Crippen LogP contribution is 2.20. The summed E-state index contributed by atoms with van der Waals surface area (Å²) < 4.78 is 44.0. The van der Waals surface area contributed by atoms with E-state index in [1.54, 1.807) is 0 Å². The lowest BCUT2D eigenvalue weighted by Crippen LogP contribution is -2.19. The maximum Gasteiger partial charge on any atom is 0.196 e. The molecule has 1 aromatic carbocycles. The molecule has 0 aliphatic carbocycles. The van der Waals surface area contributed by atoms with Crippen LogP contribution in [-0.4, -0.2) is 19.3 Å². The zero-order chi connectivity index (χ0) is 11.5. The highest BCUT2D eigenvalue weighted by molar-refractivity contribution is 5.45. The van der Waals surface area contributed by atoms with Gasteiger partial charge in [0.25, 0.3) is 0 Å². The van der Waals surface area contributed by atoms with E-state index in [0.717, 1.165) is 18.9 Å². The van der Waals surface area contributed by atoms with Crippen molar-refractivity contribution in [2.75, 3.05) is 18.5 Å². The second-order valence-electron chi connectivity index (χ2n) is 3.74. The van der Waals surface area contributed by atoms with Crippen molar-refractivity contribution in [3.63, 3.8) is 0 Å². The Bertz CT molecular complexity index is 378. The number of anilines is 1. The number of benzene rings is 1. The molecule has 0 aromatic heterocycles. The summed E-state index contributed by atoms with van der Waals surface area (Å²) in [5, 5.41) is 2.72. The highest BCUT2D eigenvalue weighted by atomic mass is 19.2. The predicted octanol–water partition coefficient (Wildman–Crippen LogP) is 2.69. The normalized spacial score (nSPS) is 20.1. The third-order valence-electron chi connectivity index (χ3n) is 2.58. The molecule has 1 aliphatic heterocycles. The molecule has 0 spiro atoms. The molecule has 1 saturated heterocycles. The quantitative estimate of drug-likeness (QED) is 0.807. The summed E-state index contributed by atoms with van der Waals surface area (Å²) in [5.74, 6) is -3.81.